The Hall–Kier alpha value is -2.07. The molecule has 4 nitrogen and oxygen atoms in total. The van der Waals surface area contributed by atoms with Crippen LogP contribution in [0.5, 0.6) is 0 Å². The summed E-state index contributed by atoms with van der Waals surface area (Å²) in [4.78, 5) is 11.5. The van der Waals surface area contributed by atoms with Gasteiger partial charge in [0.1, 0.15) is 0 Å². The Bertz CT molecular complexity index is 579. The SMILES string of the molecule is Nc1ccc(=O)n(CCOCCCc2ccccc2)c1. The Balaban J connectivity index is 1.64. The van der Waals surface area contributed by atoms with Crippen molar-refractivity contribution in [3.63, 3.8) is 0 Å². The zero-order valence-corrected chi connectivity index (χ0v) is 11.5. The third-order valence-corrected chi connectivity index (χ3v) is 3.08. The predicted molar refractivity (Wildman–Crippen MR) is 80.7 cm³/mol. The molecule has 2 rings (SSSR count). The van der Waals surface area contributed by atoms with Gasteiger partial charge in [-0.05, 0) is 24.5 Å². The molecule has 0 amide bonds. The molecule has 2 aromatic rings. The quantitative estimate of drug-likeness (QED) is 0.785. The first-order valence-electron chi connectivity index (χ1n) is 6.83. The van der Waals surface area contributed by atoms with Crippen LogP contribution in [0.1, 0.15) is 12.0 Å². The van der Waals surface area contributed by atoms with Crippen molar-refractivity contribution >= 4 is 5.69 Å². The van der Waals surface area contributed by atoms with Crippen molar-refractivity contribution in [2.75, 3.05) is 18.9 Å². The monoisotopic (exact) mass is 272 g/mol. The number of nitrogen functional groups attached to an aromatic ring is 1. The molecule has 0 radical (unpaired) electrons. The first kappa shape index (κ1) is 14.3. The Labute approximate surface area is 118 Å². The van der Waals surface area contributed by atoms with Crippen LogP contribution >= 0.6 is 0 Å². The van der Waals surface area contributed by atoms with Crippen LogP contribution in [-0.2, 0) is 17.7 Å². The smallest absolute Gasteiger partial charge is 0.250 e. The number of aryl methyl sites for hydroxylation is 1. The zero-order chi connectivity index (χ0) is 14.2. The molecule has 20 heavy (non-hydrogen) atoms. The molecule has 1 aromatic carbocycles. The van der Waals surface area contributed by atoms with Gasteiger partial charge in [0.2, 0.25) is 0 Å². The highest BCUT2D eigenvalue weighted by Crippen LogP contribution is 2.02. The molecular formula is C16H20N2O2. The van der Waals surface area contributed by atoms with Crippen molar-refractivity contribution in [3.05, 3.63) is 64.6 Å². The van der Waals surface area contributed by atoms with Crippen LogP contribution in [0.25, 0.3) is 0 Å². The number of nitrogens with two attached hydrogens (primary N) is 1. The molecule has 0 unspecified atom stereocenters. The van der Waals surface area contributed by atoms with E-state index in [0.29, 0.717) is 25.4 Å². The molecule has 4 heteroatoms. The fourth-order valence-corrected chi connectivity index (χ4v) is 2.01. The Morgan fingerprint density at radius 2 is 1.85 bits per heavy atom. The highest BCUT2D eigenvalue weighted by molar-refractivity contribution is 5.33. The van der Waals surface area contributed by atoms with E-state index in [-0.39, 0.29) is 5.56 Å². The number of anilines is 1. The summed E-state index contributed by atoms with van der Waals surface area (Å²) in [6.07, 6.45) is 3.64. The maximum Gasteiger partial charge on any atom is 0.250 e. The molecule has 1 heterocycles. The van der Waals surface area contributed by atoms with E-state index in [9.17, 15) is 4.79 Å². The molecule has 2 N–H and O–H groups in total. The van der Waals surface area contributed by atoms with Gasteiger partial charge in [0, 0.05) is 31.1 Å². The average molecular weight is 272 g/mol. The first-order chi connectivity index (χ1) is 9.75. The molecule has 0 spiro atoms. The number of hydrogen-bond donors (Lipinski definition) is 1. The molecule has 0 saturated carbocycles. The number of rotatable bonds is 7. The van der Waals surface area contributed by atoms with Crippen LogP contribution in [-0.4, -0.2) is 17.8 Å². The predicted octanol–water partition coefficient (Wildman–Crippen LogP) is 2.08. The molecule has 0 atom stereocenters. The molecular weight excluding hydrogens is 252 g/mol. The average Bonchev–Trinajstić information content (AvgIpc) is 2.47. The third-order valence-electron chi connectivity index (χ3n) is 3.08. The molecule has 0 aliphatic carbocycles. The van der Waals surface area contributed by atoms with Gasteiger partial charge in [-0.2, -0.15) is 0 Å². The zero-order valence-electron chi connectivity index (χ0n) is 11.5. The number of hydrogen-bond acceptors (Lipinski definition) is 3. The van der Waals surface area contributed by atoms with E-state index >= 15 is 0 Å². The minimum Gasteiger partial charge on any atom is -0.398 e. The molecule has 0 fully saturated rings. The van der Waals surface area contributed by atoms with Gasteiger partial charge in [0.25, 0.3) is 5.56 Å². The van der Waals surface area contributed by atoms with Crippen molar-refractivity contribution in [2.45, 2.75) is 19.4 Å². The number of pyridine rings is 1. The summed E-state index contributed by atoms with van der Waals surface area (Å²) in [6.45, 7) is 1.76. The lowest BCUT2D eigenvalue weighted by molar-refractivity contribution is 0.123. The fourth-order valence-electron chi connectivity index (χ4n) is 2.01. The van der Waals surface area contributed by atoms with Gasteiger partial charge < -0.3 is 15.0 Å². The Morgan fingerprint density at radius 3 is 2.65 bits per heavy atom. The summed E-state index contributed by atoms with van der Waals surface area (Å²) in [6, 6.07) is 13.4. The van der Waals surface area contributed by atoms with Gasteiger partial charge in [0.05, 0.1) is 6.61 Å². The topological polar surface area (TPSA) is 57.2 Å². The summed E-state index contributed by atoms with van der Waals surface area (Å²) in [5.74, 6) is 0. The van der Waals surface area contributed by atoms with Crippen LogP contribution in [0.15, 0.2) is 53.5 Å². The van der Waals surface area contributed by atoms with E-state index < -0.39 is 0 Å². The summed E-state index contributed by atoms with van der Waals surface area (Å²) in [5, 5.41) is 0. The third kappa shape index (κ3) is 4.55. The van der Waals surface area contributed by atoms with Gasteiger partial charge in [-0.3, -0.25) is 4.79 Å². The van der Waals surface area contributed by atoms with Gasteiger partial charge >= 0.3 is 0 Å². The number of nitrogens with zero attached hydrogens (tertiary/aromatic N) is 1. The van der Waals surface area contributed by atoms with Crippen LogP contribution in [0.4, 0.5) is 5.69 Å². The Morgan fingerprint density at radius 1 is 1.05 bits per heavy atom. The van der Waals surface area contributed by atoms with Gasteiger partial charge in [-0.25, -0.2) is 0 Å². The lowest BCUT2D eigenvalue weighted by Crippen LogP contribution is -2.21. The molecule has 1 aromatic heterocycles. The van der Waals surface area contributed by atoms with Crippen molar-refractivity contribution in [3.8, 4) is 0 Å². The van der Waals surface area contributed by atoms with Crippen LogP contribution in [0, 0.1) is 0 Å². The summed E-state index contributed by atoms with van der Waals surface area (Å²) < 4.78 is 7.13. The maximum absolute atomic E-state index is 11.5. The van der Waals surface area contributed by atoms with Gasteiger partial charge in [-0.1, -0.05) is 30.3 Å². The van der Waals surface area contributed by atoms with Crippen LogP contribution in [0.2, 0.25) is 0 Å². The highest BCUT2D eigenvalue weighted by Gasteiger charge is 1.97. The van der Waals surface area contributed by atoms with E-state index in [4.69, 9.17) is 10.5 Å². The van der Waals surface area contributed by atoms with Gasteiger partial charge in [0.15, 0.2) is 0 Å². The lowest BCUT2D eigenvalue weighted by atomic mass is 10.1. The van der Waals surface area contributed by atoms with Crippen molar-refractivity contribution in [1.82, 2.24) is 4.57 Å². The fraction of sp³-hybridized carbons (Fsp3) is 0.312. The van der Waals surface area contributed by atoms with Crippen molar-refractivity contribution in [1.29, 1.82) is 0 Å². The second-order valence-corrected chi connectivity index (χ2v) is 4.70. The van der Waals surface area contributed by atoms with Crippen LogP contribution < -0.4 is 11.3 Å². The number of benzene rings is 1. The van der Waals surface area contributed by atoms with Crippen molar-refractivity contribution in [2.24, 2.45) is 0 Å². The minimum absolute atomic E-state index is 0.0490. The first-order valence-corrected chi connectivity index (χ1v) is 6.83. The van der Waals surface area contributed by atoms with Gasteiger partial charge in [-0.15, -0.1) is 0 Å². The number of aromatic nitrogens is 1. The summed E-state index contributed by atoms with van der Waals surface area (Å²) >= 11 is 0. The van der Waals surface area contributed by atoms with Crippen LogP contribution in [0.3, 0.4) is 0 Å². The highest BCUT2D eigenvalue weighted by atomic mass is 16.5. The van der Waals surface area contributed by atoms with E-state index in [1.165, 1.54) is 11.6 Å². The van der Waals surface area contributed by atoms with E-state index in [1.807, 2.05) is 18.2 Å². The lowest BCUT2D eigenvalue weighted by Gasteiger charge is -2.07. The second-order valence-electron chi connectivity index (χ2n) is 4.70. The second kappa shape index (κ2) is 7.50. The summed E-state index contributed by atoms with van der Waals surface area (Å²) in [5.41, 5.74) is 7.51. The Kier molecular flexibility index (Phi) is 5.38. The standard InChI is InChI=1S/C16H20N2O2/c17-15-8-9-16(19)18(13-15)10-12-20-11-4-7-14-5-2-1-3-6-14/h1-3,5-6,8-9,13H,4,7,10-12,17H2. The molecule has 106 valence electrons. The molecule has 0 saturated heterocycles. The van der Waals surface area contributed by atoms with E-state index in [2.05, 4.69) is 12.1 Å². The largest absolute Gasteiger partial charge is 0.398 e. The van der Waals surface area contributed by atoms with E-state index in [0.717, 1.165) is 12.8 Å². The van der Waals surface area contributed by atoms with Crippen molar-refractivity contribution < 1.29 is 4.74 Å². The molecule has 0 aliphatic rings. The molecule has 0 aliphatic heterocycles. The normalized spacial score (nSPS) is 10.6. The number of ether oxygens (including phenoxy) is 1. The van der Waals surface area contributed by atoms with E-state index in [1.54, 1.807) is 16.8 Å². The summed E-state index contributed by atoms with van der Waals surface area (Å²) in [7, 11) is 0. The minimum atomic E-state index is -0.0490. The molecule has 0 bridgehead atoms. The maximum atomic E-state index is 11.5.